The third-order valence-electron chi connectivity index (χ3n) is 3.10. The van der Waals surface area contributed by atoms with Gasteiger partial charge < -0.3 is 15.2 Å². The van der Waals surface area contributed by atoms with Crippen molar-refractivity contribution in [2.24, 2.45) is 0 Å². The quantitative estimate of drug-likeness (QED) is 0.850. The third-order valence-corrected chi connectivity index (χ3v) is 3.41. The Balaban J connectivity index is 1.74. The van der Waals surface area contributed by atoms with E-state index in [1.165, 1.54) is 0 Å². The summed E-state index contributed by atoms with van der Waals surface area (Å²) in [7, 11) is 0. The van der Waals surface area contributed by atoms with E-state index < -0.39 is 0 Å². The molecule has 1 aromatic rings. The summed E-state index contributed by atoms with van der Waals surface area (Å²) < 4.78 is 5.50. The van der Waals surface area contributed by atoms with Crippen molar-refractivity contribution in [3.05, 3.63) is 28.8 Å². The van der Waals surface area contributed by atoms with Crippen LogP contribution in [0.2, 0.25) is 5.02 Å². The summed E-state index contributed by atoms with van der Waals surface area (Å²) in [4.78, 5) is 0. The van der Waals surface area contributed by atoms with Crippen LogP contribution in [0.1, 0.15) is 25.3 Å². The lowest BCUT2D eigenvalue weighted by Crippen LogP contribution is -2.45. The minimum Gasteiger partial charge on any atom is -0.506 e. The van der Waals surface area contributed by atoms with E-state index in [-0.39, 0.29) is 5.75 Å². The number of phenols is 1. The summed E-state index contributed by atoms with van der Waals surface area (Å²) in [6.45, 7) is 3.60. The Hall–Kier alpha value is -0.770. The number of benzene rings is 1. The van der Waals surface area contributed by atoms with Crippen LogP contribution in [0.3, 0.4) is 0 Å². The molecule has 1 saturated carbocycles. The molecule has 1 aliphatic rings. The van der Waals surface area contributed by atoms with E-state index in [0.29, 0.717) is 17.2 Å². The van der Waals surface area contributed by atoms with Gasteiger partial charge in [0.2, 0.25) is 0 Å². The van der Waals surface area contributed by atoms with E-state index in [4.69, 9.17) is 16.3 Å². The number of nitrogens with one attached hydrogen (secondary N) is 1. The van der Waals surface area contributed by atoms with Crippen LogP contribution < -0.4 is 5.32 Å². The summed E-state index contributed by atoms with van der Waals surface area (Å²) in [6, 6.07) is 5.85. The van der Waals surface area contributed by atoms with Gasteiger partial charge >= 0.3 is 0 Å². The zero-order chi connectivity index (χ0) is 12.3. The average Bonchev–Trinajstić information content (AvgIpc) is 2.26. The van der Waals surface area contributed by atoms with Crippen LogP contribution in [0, 0.1) is 0 Å². The van der Waals surface area contributed by atoms with Crippen molar-refractivity contribution >= 4 is 11.6 Å². The van der Waals surface area contributed by atoms with Crippen LogP contribution in [0.5, 0.6) is 5.75 Å². The standard InChI is InChI=1S/C13H18ClNO2/c1-2-17-11-6-10(7-11)15-8-9-3-4-13(16)12(14)5-9/h3-5,10-11,15-16H,2,6-8H2,1H3. The van der Waals surface area contributed by atoms with Crippen LogP contribution in [-0.4, -0.2) is 23.9 Å². The third kappa shape index (κ3) is 3.35. The highest BCUT2D eigenvalue weighted by Crippen LogP contribution is 2.25. The maximum atomic E-state index is 9.30. The average molecular weight is 256 g/mol. The summed E-state index contributed by atoms with van der Waals surface area (Å²) in [5.74, 6) is 0.135. The van der Waals surface area contributed by atoms with Crippen molar-refractivity contribution in [1.82, 2.24) is 5.32 Å². The van der Waals surface area contributed by atoms with Crippen molar-refractivity contribution in [1.29, 1.82) is 0 Å². The van der Waals surface area contributed by atoms with Crippen LogP contribution in [0.4, 0.5) is 0 Å². The zero-order valence-corrected chi connectivity index (χ0v) is 10.7. The Bertz CT molecular complexity index is 378. The first-order chi connectivity index (χ1) is 8.19. The number of halogens is 1. The van der Waals surface area contributed by atoms with Crippen LogP contribution in [0.15, 0.2) is 18.2 Å². The Morgan fingerprint density at radius 1 is 1.47 bits per heavy atom. The molecule has 4 heteroatoms. The molecule has 2 N–H and O–H groups in total. The summed E-state index contributed by atoms with van der Waals surface area (Å²) in [5.41, 5.74) is 1.09. The monoisotopic (exact) mass is 255 g/mol. The van der Waals surface area contributed by atoms with Gasteiger partial charge in [-0.1, -0.05) is 17.7 Å². The molecular weight excluding hydrogens is 238 g/mol. The van der Waals surface area contributed by atoms with Crippen molar-refractivity contribution < 1.29 is 9.84 Å². The van der Waals surface area contributed by atoms with Gasteiger partial charge in [0.25, 0.3) is 0 Å². The lowest BCUT2D eigenvalue weighted by Gasteiger charge is -2.35. The summed E-state index contributed by atoms with van der Waals surface area (Å²) in [6.07, 6.45) is 2.60. The van der Waals surface area contributed by atoms with E-state index in [1.54, 1.807) is 12.1 Å². The van der Waals surface area contributed by atoms with E-state index in [2.05, 4.69) is 5.32 Å². The smallest absolute Gasteiger partial charge is 0.134 e. The first kappa shape index (κ1) is 12.7. The summed E-state index contributed by atoms with van der Waals surface area (Å²) in [5, 5.41) is 13.2. The topological polar surface area (TPSA) is 41.5 Å². The lowest BCUT2D eigenvalue weighted by atomic mass is 9.89. The van der Waals surface area contributed by atoms with Gasteiger partial charge in [-0.05, 0) is 37.5 Å². The highest BCUT2D eigenvalue weighted by Gasteiger charge is 2.28. The SMILES string of the molecule is CCOC1CC(NCc2ccc(O)c(Cl)c2)C1. The van der Waals surface area contributed by atoms with Gasteiger partial charge in [-0.3, -0.25) is 0 Å². The molecule has 0 heterocycles. The molecule has 0 bridgehead atoms. The number of ether oxygens (including phenoxy) is 1. The molecule has 0 unspecified atom stereocenters. The van der Waals surface area contributed by atoms with Crippen molar-refractivity contribution in [2.75, 3.05) is 6.61 Å². The predicted octanol–water partition coefficient (Wildman–Crippen LogP) is 2.70. The van der Waals surface area contributed by atoms with Crippen LogP contribution in [-0.2, 0) is 11.3 Å². The minimum atomic E-state index is 0.135. The van der Waals surface area contributed by atoms with Crippen LogP contribution in [0.25, 0.3) is 0 Å². The number of rotatable bonds is 5. The van der Waals surface area contributed by atoms with Crippen LogP contribution >= 0.6 is 11.6 Å². The summed E-state index contributed by atoms with van der Waals surface area (Å²) >= 11 is 5.84. The molecule has 17 heavy (non-hydrogen) atoms. The first-order valence-corrected chi connectivity index (χ1v) is 6.39. The van der Waals surface area contributed by atoms with Gasteiger partial charge in [0.15, 0.2) is 0 Å². The molecule has 1 fully saturated rings. The zero-order valence-electron chi connectivity index (χ0n) is 9.95. The van der Waals surface area contributed by atoms with Gasteiger partial charge in [-0.2, -0.15) is 0 Å². The van der Waals surface area contributed by atoms with Gasteiger partial charge in [-0.15, -0.1) is 0 Å². The fourth-order valence-electron chi connectivity index (χ4n) is 2.03. The molecule has 0 aliphatic heterocycles. The first-order valence-electron chi connectivity index (χ1n) is 6.01. The van der Waals surface area contributed by atoms with Gasteiger partial charge in [0, 0.05) is 19.2 Å². The van der Waals surface area contributed by atoms with Crippen molar-refractivity contribution in [2.45, 2.75) is 38.5 Å². The molecule has 2 rings (SSSR count). The molecule has 1 aliphatic carbocycles. The van der Waals surface area contributed by atoms with E-state index in [9.17, 15) is 5.11 Å². The minimum absolute atomic E-state index is 0.135. The second-order valence-electron chi connectivity index (χ2n) is 4.41. The molecule has 1 aromatic carbocycles. The van der Waals surface area contributed by atoms with Crippen molar-refractivity contribution in [3.8, 4) is 5.75 Å². The Labute approximate surface area is 107 Å². The van der Waals surface area contributed by atoms with Crippen molar-refractivity contribution in [3.63, 3.8) is 0 Å². The molecule has 0 atom stereocenters. The molecule has 0 amide bonds. The molecule has 3 nitrogen and oxygen atoms in total. The molecule has 0 spiro atoms. The number of hydrogen-bond acceptors (Lipinski definition) is 3. The van der Waals surface area contributed by atoms with E-state index in [1.807, 2.05) is 13.0 Å². The second kappa shape index (κ2) is 5.71. The molecule has 0 aromatic heterocycles. The Morgan fingerprint density at radius 3 is 2.88 bits per heavy atom. The van der Waals surface area contributed by atoms with Gasteiger partial charge in [-0.25, -0.2) is 0 Å². The maximum absolute atomic E-state index is 9.30. The van der Waals surface area contributed by atoms with E-state index in [0.717, 1.165) is 31.6 Å². The van der Waals surface area contributed by atoms with E-state index >= 15 is 0 Å². The fourth-order valence-corrected chi connectivity index (χ4v) is 2.23. The normalized spacial score (nSPS) is 23.4. The second-order valence-corrected chi connectivity index (χ2v) is 4.82. The Morgan fingerprint density at radius 2 is 2.24 bits per heavy atom. The highest BCUT2D eigenvalue weighted by atomic mass is 35.5. The lowest BCUT2D eigenvalue weighted by molar-refractivity contribution is -0.0102. The predicted molar refractivity (Wildman–Crippen MR) is 68.4 cm³/mol. The Kier molecular flexibility index (Phi) is 4.26. The largest absolute Gasteiger partial charge is 0.506 e. The molecular formula is C13H18ClNO2. The molecule has 94 valence electrons. The number of hydrogen-bond donors (Lipinski definition) is 2. The van der Waals surface area contributed by atoms with Gasteiger partial charge in [0.1, 0.15) is 5.75 Å². The highest BCUT2D eigenvalue weighted by molar-refractivity contribution is 6.32. The van der Waals surface area contributed by atoms with Gasteiger partial charge in [0.05, 0.1) is 11.1 Å². The number of aromatic hydroxyl groups is 1. The number of phenolic OH excluding ortho intramolecular Hbond substituents is 1. The molecule has 0 saturated heterocycles. The molecule has 0 radical (unpaired) electrons. The maximum Gasteiger partial charge on any atom is 0.134 e. The fraction of sp³-hybridized carbons (Fsp3) is 0.538.